The molecule has 0 heterocycles. The summed E-state index contributed by atoms with van der Waals surface area (Å²) in [7, 11) is 0. The number of aromatic hydroxyl groups is 1. The van der Waals surface area contributed by atoms with Gasteiger partial charge in [-0.1, -0.05) is 0 Å². The van der Waals surface area contributed by atoms with E-state index in [4.69, 9.17) is 9.84 Å². The fourth-order valence-electron chi connectivity index (χ4n) is 1.22. The zero-order valence-electron chi connectivity index (χ0n) is 10.6. The van der Waals surface area contributed by atoms with Crippen LogP contribution in [-0.4, -0.2) is 35.0 Å². The van der Waals surface area contributed by atoms with Crippen molar-refractivity contribution in [2.45, 2.75) is 32.4 Å². The lowest BCUT2D eigenvalue weighted by Crippen LogP contribution is -2.42. The summed E-state index contributed by atoms with van der Waals surface area (Å²) in [6.07, 6.45) is -0.553. The molecule has 17 heavy (non-hydrogen) atoms. The van der Waals surface area contributed by atoms with Gasteiger partial charge in [-0.3, -0.25) is 0 Å². The summed E-state index contributed by atoms with van der Waals surface area (Å²) in [6.45, 7) is 6.84. The average Bonchev–Trinajstić information content (AvgIpc) is 2.25. The number of hydrogen-bond acceptors (Lipinski definition) is 4. The van der Waals surface area contributed by atoms with Crippen LogP contribution in [0.15, 0.2) is 24.3 Å². The largest absolute Gasteiger partial charge is 0.508 e. The highest BCUT2D eigenvalue weighted by Gasteiger charge is 2.12. The molecule has 0 saturated carbocycles. The van der Waals surface area contributed by atoms with Crippen molar-refractivity contribution in [1.29, 1.82) is 0 Å². The number of nitrogens with one attached hydrogen (secondary N) is 1. The maximum absolute atomic E-state index is 9.69. The first-order chi connectivity index (χ1) is 7.87. The molecule has 0 amide bonds. The molecule has 0 radical (unpaired) electrons. The van der Waals surface area contributed by atoms with Gasteiger partial charge in [-0.05, 0) is 45.0 Å². The highest BCUT2D eigenvalue weighted by atomic mass is 16.5. The lowest BCUT2D eigenvalue weighted by molar-refractivity contribution is 0.100. The SMILES string of the molecule is CC(C)(C)NC[C@@H](O)COc1ccc(O)cc1. The lowest BCUT2D eigenvalue weighted by Gasteiger charge is -2.22. The molecule has 0 aliphatic heterocycles. The van der Waals surface area contributed by atoms with Gasteiger partial charge in [0.2, 0.25) is 0 Å². The number of benzene rings is 1. The number of phenolic OH excluding ortho intramolecular Hbond substituents is 1. The topological polar surface area (TPSA) is 61.7 Å². The Morgan fingerprint density at radius 1 is 1.24 bits per heavy atom. The Kier molecular flexibility index (Phi) is 4.78. The Labute approximate surface area is 102 Å². The highest BCUT2D eigenvalue weighted by molar-refractivity contribution is 5.30. The second-order valence-electron chi connectivity index (χ2n) is 5.09. The van der Waals surface area contributed by atoms with E-state index in [-0.39, 0.29) is 17.9 Å². The first kappa shape index (κ1) is 13.8. The molecular weight excluding hydrogens is 218 g/mol. The fraction of sp³-hybridized carbons (Fsp3) is 0.538. The Bertz CT molecular complexity index is 330. The number of rotatable bonds is 5. The van der Waals surface area contributed by atoms with Crippen LogP contribution in [0, 0.1) is 0 Å². The van der Waals surface area contributed by atoms with E-state index >= 15 is 0 Å². The predicted octanol–water partition coefficient (Wildman–Crippen LogP) is 1.52. The van der Waals surface area contributed by atoms with Crippen molar-refractivity contribution in [3.8, 4) is 11.5 Å². The molecule has 0 aromatic heterocycles. The number of phenols is 1. The standard InChI is InChI=1S/C13H21NO3/c1-13(2,3)14-8-11(16)9-17-12-6-4-10(15)5-7-12/h4-7,11,14-16H,8-9H2,1-3H3/t11-/m1/s1. The number of hydrogen-bond donors (Lipinski definition) is 3. The summed E-state index contributed by atoms with van der Waals surface area (Å²) in [5.41, 5.74) is -0.0144. The van der Waals surface area contributed by atoms with Crippen molar-refractivity contribution in [3.63, 3.8) is 0 Å². The van der Waals surface area contributed by atoms with Crippen LogP contribution in [-0.2, 0) is 0 Å². The summed E-state index contributed by atoms with van der Waals surface area (Å²) in [6, 6.07) is 6.43. The van der Waals surface area contributed by atoms with Crippen LogP contribution in [0.25, 0.3) is 0 Å². The van der Waals surface area contributed by atoms with Crippen LogP contribution >= 0.6 is 0 Å². The van der Waals surface area contributed by atoms with Crippen LogP contribution in [0.1, 0.15) is 20.8 Å². The molecule has 3 N–H and O–H groups in total. The molecule has 1 aromatic rings. The van der Waals surface area contributed by atoms with Crippen LogP contribution in [0.2, 0.25) is 0 Å². The van der Waals surface area contributed by atoms with E-state index in [0.29, 0.717) is 12.3 Å². The van der Waals surface area contributed by atoms with Crippen LogP contribution in [0.4, 0.5) is 0 Å². The van der Waals surface area contributed by atoms with E-state index in [0.717, 1.165) is 0 Å². The molecule has 0 fully saturated rings. The summed E-state index contributed by atoms with van der Waals surface area (Å²) < 4.78 is 5.39. The van der Waals surface area contributed by atoms with Gasteiger partial charge in [-0.2, -0.15) is 0 Å². The van der Waals surface area contributed by atoms with Crippen molar-refractivity contribution in [2.75, 3.05) is 13.2 Å². The van der Waals surface area contributed by atoms with E-state index in [1.807, 2.05) is 20.8 Å². The van der Waals surface area contributed by atoms with E-state index in [9.17, 15) is 5.11 Å². The molecule has 1 aromatic carbocycles. The van der Waals surface area contributed by atoms with Gasteiger partial charge < -0.3 is 20.3 Å². The van der Waals surface area contributed by atoms with E-state index in [1.54, 1.807) is 24.3 Å². The third-order valence-electron chi connectivity index (χ3n) is 2.15. The van der Waals surface area contributed by atoms with E-state index in [1.165, 1.54) is 0 Å². The lowest BCUT2D eigenvalue weighted by atomic mass is 10.1. The monoisotopic (exact) mass is 239 g/mol. The van der Waals surface area contributed by atoms with Gasteiger partial charge in [0.25, 0.3) is 0 Å². The number of aliphatic hydroxyl groups excluding tert-OH is 1. The van der Waals surface area contributed by atoms with Crippen LogP contribution in [0.5, 0.6) is 11.5 Å². The van der Waals surface area contributed by atoms with Gasteiger partial charge in [-0.15, -0.1) is 0 Å². The van der Waals surface area contributed by atoms with Crippen LogP contribution in [0.3, 0.4) is 0 Å². The van der Waals surface area contributed by atoms with Gasteiger partial charge >= 0.3 is 0 Å². The molecule has 0 aliphatic carbocycles. The van der Waals surface area contributed by atoms with Crippen molar-refractivity contribution in [3.05, 3.63) is 24.3 Å². The van der Waals surface area contributed by atoms with Gasteiger partial charge in [0, 0.05) is 12.1 Å². The highest BCUT2D eigenvalue weighted by Crippen LogP contribution is 2.15. The zero-order chi connectivity index (χ0) is 12.9. The number of aliphatic hydroxyl groups is 1. The molecule has 4 nitrogen and oxygen atoms in total. The smallest absolute Gasteiger partial charge is 0.119 e. The third-order valence-corrected chi connectivity index (χ3v) is 2.15. The van der Waals surface area contributed by atoms with Crippen molar-refractivity contribution in [1.82, 2.24) is 5.32 Å². The molecule has 4 heteroatoms. The molecule has 96 valence electrons. The summed E-state index contributed by atoms with van der Waals surface area (Å²) in [4.78, 5) is 0. The molecule has 1 atom stereocenters. The van der Waals surface area contributed by atoms with E-state index < -0.39 is 6.10 Å². The Balaban J connectivity index is 2.28. The Morgan fingerprint density at radius 3 is 2.35 bits per heavy atom. The third kappa shape index (κ3) is 6.14. The quantitative estimate of drug-likeness (QED) is 0.729. The van der Waals surface area contributed by atoms with Crippen molar-refractivity contribution in [2.24, 2.45) is 0 Å². The number of ether oxygens (including phenoxy) is 1. The van der Waals surface area contributed by atoms with Crippen molar-refractivity contribution < 1.29 is 14.9 Å². The molecule has 0 saturated heterocycles. The predicted molar refractivity (Wildman–Crippen MR) is 67.4 cm³/mol. The Hall–Kier alpha value is -1.26. The zero-order valence-corrected chi connectivity index (χ0v) is 10.6. The second-order valence-corrected chi connectivity index (χ2v) is 5.09. The molecule has 0 unspecified atom stereocenters. The summed E-state index contributed by atoms with van der Waals surface area (Å²) in [5.74, 6) is 0.838. The summed E-state index contributed by atoms with van der Waals surface area (Å²) in [5, 5.41) is 22.0. The second kappa shape index (κ2) is 5.89. The average molecular weight is 239 g/mol. The molecule has 0 bridgehead atoms. The van der Waals surface area contributed by atoms with Crippen LogP contribution < -0.4 is 10.1 Å². The Morgan fingerprint density at radius 2 is 1.82 bits per heavy atom. The molecular formula is C13H21NO3. The maximum Gasteiger partial charge on any atom is 0.119 e. The fourth-order valence-corrected chi connectivity index (χ4v) is 1.22. The molecule has 0 spiro atoms. The minimum absolute atomic E-state index is 0.0144. The first-order valence-corrected chi connectivity index (χ1v) is 5.72. The first-order valence-electron chi connectivity index (χ1n) is 5.72. The van der Waals surface area contributed by atoms with Gasteiger partial charge in [0.15, 0.2) is 0 Å². The number of β-amino-alcohol motifs (C(OH)–C–C–N with tert-alkyl or cyclic N) is 1. The minimum Gasteiger partial charge on any atom is -0.508 e. The maximum atomic E-state index is 9.69. The van der Waals surface area contributed by atoms with Crippen molar-refractivity contribution >= 4 is 0 Å². The molecule has 1 rings (SSSR count). The minimum atomic E-state index is -0.553. The van der Waals surface area contributed by atoms with Gasteiger partial charge in [-0.25, -0.2) is 0 Å². The van der Waals surface area contributed by atoms with Gasteiger partial charge in [0.05, 0.1) is 0 Å². The van der Waals surface area contributed by atoms with E-state index in [2.05, 4.69) is 5.32 Å². The summed E-state index contributed by atoms with van der Waals surface area (Å²) >= 11 is 0. The van der Waals surface area contributed by atoms with Gasteiger partial charge in [0.1, 0.15) is 24.2 Å². The normalized spacial score (nSPS) is 13.4. The molecule has 0 aliphatic rings.